The molecule has 1 aliphatic rings. The van der Waals surface area contributed by atoms with Gasteiger partial charge in [0.05, 0.1) is 15.3 Å². The van der Waals surface area contributed by atoms with Crippen LogP contribution in [0.25, 0.3) is 0 Å². The number of halogens is 1. The predicted molar refractivity (Wildman–Crippen MR) is 87.3 cm³/mol. The Hall–Kier alpha value is -0.880. The number of likely N-dealkylation sites (tertiary alicyclic amines) is 1. The Morgan fingerprint density at radius 1 is 1.48 bits per heavy atom. The van der Waals surface area contributed by atoms with Crippen LogP contribution in [0.3, 0.4) is 0 Å². The molecule has 2 aromatic rings. The molecule has 1 aliphatic heterocycles. The molecule has 112 valence electrons. The molecule has 6 heteroatoms. The van der Waals surface area contributed by atoms with Crippen LogP contribution in [0, 0.1) is 0 Å². The first kappa shape index (κ1) is 15.0. The first-order valence-corrected chi connectivity index (χ1v) is 9.00. The molecule has 0 radical (unpaired) electrons. The van der Waals surface area contributed by atoms with Gasteiger partial charge in [0.1, 0.15) is 0 Å². The summed E-state index contributed by atoms with van der Waals surface area (Å²) in [6.07, 6.45) is 2.06. The highest BCUT2D eigenvalue weighted by atomic mass is 35.5. The van der Waals surface area contributed by atoms with Crippen molar-refractivity contribution in [1.29, 1.82) is 0 Å². The Morgan fingerprint density at radius 2 is 2.33 bits per heavy atom. The highest BCUT2D eigenvalue weighted by Gasteiger charge is 2.32. The lowest BCUT2D eigenvalue weighted by molar-refractivity contribution is 0.0675. The van der Waals surface area contributed by atoms with Crippen LogP contribution in [-0.2, 0) is 0 Å². The summed E-state index contributed by atoms with van der Waals surface area (Å²) >= 11 is 8.78. The molecule has 0 aromatic carbocycles. The lowest BCUT2D eigenvalue weighted by Crippen LogP contribution is -2.36. The molecule has 0 aliphatic carbocycles. The van der Waals surface area contributed by atoms with E-state index in [9.17, 15) is 9.90 Å². The number of carbonyl (C=O) groups is 1. The predicted octanol–water partition coefficient (Wildman–Crippen LogP) is 4.19. The molecule has 0 bridgehead atoms. The fourth-order valence-corrected chi connectivity index (χ4v) is 4.50. The summed E-state index contributed by atoms with van der Waals surface area (Å²) in [7, 11) is 0. The summed E-state index contributed by atoms with van der Waals surface area (Å²) in [4.78, 5) is 16.1. The van der Waals surface area contributed by atoms with E-state index in [1.165, 1.54) is 11.3 Å². The molecule has 3 rings (SSSR count). The van der Waals surface area contributed by atoms with E-state index in [-0.39, 0.29) is 11.9 Å². The number of aliphatic hydroxyl groups excluding tert-OH is 1. The Balaban J connectivity index is 1.69. The van der Waals surface area contributed by atoms with Gasteiger partial charge >= 0.3 is 0 Å². The summed E-state index contributed by atoms with van der Waals surface area (Å²) in [6, 6.07) is 7.52. The minimum Gasteiger partial charge on any atom is -0.387 e. The summed E-state index contributed by atoms with van der Waals surface area (Å²) in [5, 5.41) is 12.3. The number of rotatable bonds is 4. The van der Waals surface area contributed by atoms with Gasteiger partial charge in [0.15, 0.2) is 0 Å². The van der Waals surface area contributed by atoms with Crippen molar-refractivity contribution < 1.29 is 9.90 Å². The van der Waals surface area contributed by atoms with Crippen molar-refractivity contribution in [3.8, 4) is 0 Å². The number of hydrogen-bond donors (Lipinski definition) is 1. The molecule has 1 N–H and O–H groups in total. The van der Waals surface area contributed by atoms with Crippen molar-refractivity contribution in [2.24, 2.45) is 0 Å². The zero-order chi connectivity index (χ0) is 14.8. The van der Waals surface area contributed by atoms with Gasteiger partial charge in [0.25, 0.3) is 5.91 Å². The van der Waals surface area contributed by atoms with Gasteiger partial charge < -0.3 is 10.0 Å². The van der Waals surface area contributed by atoms with Gasteiger partial charge in [-0.05, 0) is 42.8 Å². The number of thiophene rings is 2. The molecule has 1 fully saturated rings. The first-order valence-electron chi connectivity index (χ1n) is 6.93. The van der Waals surface area contributed by atoms with E-state index in [1.54, 1.807) is 23.5 Å². The van der Waals surface area contributed by atoms with Gasteiger partial charge in [-0.2, -0.15) is 0 Å². The normalized spacial score (nSPS) is 19.9. The number of aliphatic hydroxyl groups is 1. The van der Waals surface area contributed by atoms with Crippen molar-refractivity contribution >= 4 is 40.2 Å². The maximum atomic E-state index is 12.5. The SMILES string of the molecule is O=C(c1ccc(Cl)s1)N1CCCC1CC(O)c1cccs1. The largest absolute Gasteiger partial charge is 0.387 e. The van der Waals surface area contributed by atoms with Crippen LogP contribution < -0.4 is 0 Å². The van der Waals surface area contributed by atoms with E-state index >= 15 is 0 Å². The van der Waals surface area contributed by atoms with Gasteiger partial charge in [0, 0.05) is 17.5 Å². The minimum atomic E-state index is -0.490. The van der Waals surface area contributed by atoms with E-state index in [2.05, 4.69) is 0 Å². The molecule has 2 atom stereocenters. The second-order valence-electron chi connectivity index (χ2n) is 5.17. The Kier molecular flexibility index (Phi) is 4.64. The van der Waals surface area contributed by atoms with Gasteiger partial charge in [-0.15, -0.1) is 22.7 Å². The zero-order valence-corrected chi connectivity index (χ0v) is 13.8. The summed E-state index contributed by atoms with van der Waals surface area (Å²) in [5.74, 6) is 0.0350. The quantitative estimate of drug-likeness (QED) is 0.905. The van der Waals surface area contributed by atoms with Crippen LogP contribution in [0.15, 0.2) is 29.6 Å². The standard InChI is InChI=1S/C15H16ClNO2S2/c16-14-6-5-13(21-14)15(19)17-7-1-3-10(17)9-11(18)12-4-2-8-20-12/h2,4-6,8,10-11,18H,1,3,7,9H2. The number of amides is 1. The molecule has 0 saturated carbocycles. The molecule has 2 unspecified atom stereocenters. The Bertz CT molecular complexity index is 611. The van der Waals surface area contributed by atoms with Crippen molar-refractivity contribution in [1.82, 2.24) is 4.90 Å². The fraction of sp³-hybridized carbons (Fsp3) is 0.400. The summed E-state index contributed by atoms with van der Waals surface area (Å²) in [5.41, 5.74) is 0. The third-order valence-electron chi connectivity index (χ3n) is 3.79. The van der Waals surface area contributed by atoms with Gasteiger partial charge in [0.2, 0.25) is 0 Å². The molecule has 1 saturated heterocycles. The lowest BCUT2D eigenvalue weighted by atomic mass is 10.1. The van der Waals surface area contributed by atoms with Crippen molar-refractivity contribution in [3.63, 3.8) is 0 Å². The van der Waals surface area contributed by atoms with Gasteiger partial charge in [-0.25, -0.2) is 0 Å². The number of nitrogens with zero attached hydrogens (tertiary/aromatic N) is 1. The van der Waals surface area contributed by atoms with Gasteiger partial charge in [-0.1, -0.05) is 17.7 Å². The molecule has 1 amide bonds. The van der Waals surface area contributed by atoms with Gasteiger partial charge in [-0.3, -0.25) is 4.79 Å². The molecular formula is C15H16ClNO2S2. The molecule has 21 heavy (non-hydrogen) atoms. The third kappa shape index (κ3) is 3.31. The van der Waals surface area contributed by atoms with Crippen molar-refractivity contribution in [3.05, 3.63) is 43.7 Å². The number of carbonyl (C=O) groups excluding carboxylic acids is 1. The average molecular weight is 342 g/mol. The van der Waals surface area contributed by atoms with E-state index in [0.717, 1.165) is 24.3 Å². The van der Waals surface area contributed by atoms with Crippen LogP contribution in [0.1, 0.15) is 39.9 Å². The van der Waals surface area contributed by atoms with Crippen molar-refractivity contribution in [2.45, 2.75) is 31.4 Å². The monoisotopic (exact) mass is 341 g/mol. The minimum absolute atomic E-state index is 0.0350. The second-order valence-corrected chi connectivity index (χ2v) is 7.86. The molecule has 3 nitrogen and oxygen atoms in total. The molecule has 3 heterocycles. The maximum Gasteiger partial charge on any atom is 0.264 e. The van der Waals surface area contributed by atoms with E-state index in [4.69, 9.17) is 11.6 Å². The van der Waals surface area contributed by atoms with Crippen LogP contribution >= 0.6 is 34.3 Å². The van der Waals surface area contributed by atoms with Crippen LogP contribution in [0.5, 0.6) is 0 Å². The summed E-state index contributed by atoms with van der Waals surface area (Å²) in [6.45, 7) is 0.760. The average Bonchev–Trinajstić information content (AvgIpc) is 3.18. The van der Waals surface area contributed by atoms with Crippen LogP contribution in [0.4, 0.5) is 0 Å². The van der Waals surface area contributed by atoms with E-state index in [1.807, 2.05) is 22.4 Å². The fourth-order valence-electron chi connectivity index (χ4n) is 2.77. The second kappa shape index (κ2) is 6.48. The smallest absolute Gasteiger partial charge is 0.264 e. The number of hydrogen-bond acceptors (Lipinski definition) is 4. The highest BCUT2D eigenvalue weighted by Crippen LogP contribution is 2.31. The Labute approximate surface area is 136 Å². The lowest BCUT2D eigenvalue weighted by Gasteiger charge is -2.26. The topological polar surface area (TPSA) is 40.5 Å². The zero-order valence-electron chi connectivity index (χ0n) is 11.4. The molecular weight excluding hydrogens is 326 g/mol. The maximum absolute atomic E-state index is 12.5. The van der Waals surface area contributed by atoms with Crippen LogP contribution in [0.2, 0.25) is 4.34 Å². The third-order valence-corrected chi connectivity index (χ3v) is 5.98. The molecule has 0 spiro atoms. The first-order chi connectivity index (χ1) is 10.1. The highest BCUT2D eigenvalue weighted by molar-refractivity contribution is 7.18. The van der Waals surface area contributed by atoms with E-state index in [0.29, 0.717) is 15.6 Å². The Morgan fingerprint density at radius 3 is 3.00 bits per heavy atom. The van der Waals surface area contributed by atoms with Crippen LogP contribution in [-0.4, -0.2) is 28.5 Å². The summed E-state index contributed by atoms with van der Waals surface area (Å²) < 4.78 is 0.632. The molecule has 2 aromatic heterocycles. The van der Waals surface area contributed by atoms with Crippen molar-refractivity contribution in [2.75, 3.05) is 6.54 Å². The van der Waals surface area contributed by atoms with E-state index < -0.39 is 6.10 Å².